The Morgan fingerprint density at radius 2 is 2.32 bits per heavy atom. The van der Waals surface area contributed by atoms with Crippen molar-refractivity contribution < 1.29 is 14.7 Å². The quantitative estimate of drug-likeness (QED) is 0.834. The molecule has 1 aromatic rings. The molecule has 19 heavy (non-hydrogen) atoms. The topological polar surface area (TPSA) is 73.7 Å². The Labute approximate surface area is 111 Å². The van der Waals surface area contributed by atoms with Crippen LogP contribution in [0.5, 0.6) is 0 Å². The molecule has 1 aliphatic rings. The maximum atomic E-state index is 12.1. The van der Waals surface area contributed by atoms with Crippen LogP contribution < -0.4 is 0 Å². The van der Waals surface area contributed by atoms with E-state index in [1.165, 1.54) is 0 Å². The van der Waals surface area contributed by atoms with E-state index in [0.717, 1.165) is 5.56 Å². The summed E-state index contributed by atoms with van der Waals surface area (Å²) >= 11 is 0. The number of nitrogens with zero attached hydrogens (tertiary/aromatic N) is 3. The molecule has 6 nitrogen and oxygen atoms in total. The van der Waals surface area contributed by atoms with Crippen LogP contribution in [0.3, 0.4) is 0 Å². The SMILES string of the molecule is CN1CC(=O)N(Cc2cccnc2)CC(C(=O)O)C1. The summed E-state index contributed by atoms with van der Waals surface area (Å²) in [5.74, 6) is -1.46. The highest BCUT2D eigenvalue weighted by atomic mass is 16.4. The number of pyridine rings is 1. The highest BCUT2D eigenvalue weighted by Gasteiger charge is 2.30. The molecule has 1 amide bonds. The van der Waals surface area contributed by atoms with E-state index in [1.807, 2.05) is 6.07 Å². The lowest BCUT2D eigenvalue weighted by molar-refractivity contribution is -0.142. The van der Waals surface area contributed by atoms with Gasteiger partial charge < -0.3 is 10.0 Å². The van der Waals surface area contributed by atoms with E-state index in [9.17, 15) is 14.7 Å². The minimum atomic E-state index is -0.863. The van der Waals surface area contributed by atoms with E-state index in [1.54, 1.807) is 35.3 Å². The smallest absolute Gasteiger partial charge is 0.309 e. The van der Waals surface area contributed by atoms with Gasteiger partial charge in [-0.15, -0.1) is 0 Å². The van der Waals surface area contributed by atoms with Crippen molar-refractivity contribution in [2.24, 2.45) is 5.92 Å². The summed E-state index contributed by atoms with van der Waals surface area (Å²) in [7, 11) is 1.77. The van der Waals surface area contributed by atoms with Crippen molar-refractivity contribution in [1.82, 2.24) is 14.8 Å². The van der Waals surface area contributed by atoms with Crippen LogP contribution in [0.15, 0.2) is 24.5 Å². The van der Waals surface area contributed by atoms with Crippen LogP contribution in [0.2, 0.25) is 0 Å². The van der Waals surface area contributed by atoms with Crippen molar-refractivity contribution in [3.63, 3.8) is 0 Å². The number of hydrogen-bond donors (Lipinski definition) is 1. The first-order valence-electron chi connectivity index (χ1n) is 6.14. The van der Waals surface area contributed by atoms with Gasteiger partial charge in [-0.2, -0.15) is 0 Å². The first kappa shape index (κ1) is 13.5. The van der Waals surface area contributed by atoms with Crippen molar-refractivity contribution in [2.45, 2.75) is 6.54 Å². The molecule has 1 fully saturated rings. The van der Waals surface area contributed by atoms with Crippen molar-refractivity contribution >= 4 is 11.9 Å². The van der Waals surface area contributed by atoms with E-state index in [0.29, 0.717) is 13.1 Å². The maximum Gasteiger partial charge on any atom is 0.309 e. The van der Waals surface area contributed by atoms with Crippen LogP contribution in [0, 0.1) is 5.92 Å². The minimum Gasteiger partial charge on any atom is -0.481 e. The van der Waals surface area contributed by atoms with Gasteiger partial charge in [0.15, 0.2) is 0 Å². The third-order valence-electron chi connectivity index (χ3n) is 3.18. The number of carbonyl (C=O) groups is 2. The molecule has 2 heterocycles. The second kappa shape index (κ2) is 5.79. The van der Waals surface area contributed by atoms with Crippen LogP contribution in [-0.4, -0.2) is 58.4 Å². The average molecular weight is 263 g/mol. The Kier molecular flexibility index (Phi) is 4.11. The fourth-order valence-electron chi connectivity index (χ4n) is 2.22. The second-order valence-electron chi connectivity index (χ2n) is 4.87. The van der Waals surface area contributed by atoms with Crippen LogP contribution in [0.4, 0.5) is 0 Å². The molecule has 0 aromatic carbocycles. The fraction of sp³-hybridized carbons (Fsp3) is 0.462. The van der Waals surface area contributed by atoms with Crippen LogP contribution in [-0.2, 0) is 16.1 Å². The molecule has 102 valence electrons. The summed E-state index contributed by atoms with van der Waals surface area (Å²) in [5, 5.41) is 9.17. The number of rotatable bonds is 3. The monoisotopic (exact) mass is 263 g/mol. The molecule has 1 saturated heterocycles. The summed E-state index contributed by atoms with van der Waals surface area (Å²) < 4.78 is 0. The number of carboxylic acid groups (broad SMARTS) is 1. The third kappa shape index (κ3) is 3.51. The van der Waals surface area contributed by atoms with E-state index in [-0.39, 0.29) is 19.0 Å². The zero-order valence-electron chi connectivity index (χ0n) is 10.8. The van der Waals surface area contributed by atoms with Gasteiger partial charge >= 0.3 is 5.97 Å². The molecule has 1 atom stereocenters. The van der Waals surface area contributed by atoms with E-state index >= 15 is 0 Å². The van der Waals surface area contributed by atoms with Crippen molar-refractivity contribution in [3.8, 4) is 0 Å². The van der Waals surface area contributed by atoms with Gasteiger partial charge in [0, 0.05) is 32.0 Å². The Balaban J connectivity index is 2.13. The van der Waals surface area contributed by atoms with Gasteiger partial charge in [-0.25, -0.2) is 0 Å². The Hall–Kier alpha value is -1.95. The van der Waals surface area contributed by atoms with Gasteiger partial charge in [0.05, 0.1) is 12.5 Å². The summed E-state index contributed by atoms with van der Waals surface area (Å²) in [4.78, 5) is 30.6. The van der Waals surface area contributed by atoms with Crippen LogP contribution in [0.1, 0.15) is 5.56 Å². The molecule has 1 aliphatic heterocycles. The lowest BCUT2D eigenvalue weighted by Gasteiger charge is -2.22. The zero-order chi connectivity index (χ0) is 13.8. The van der Waals surface area contributed by atoms with Gasteiger partial charge in [-0.1, -0.05) is 6.07 Å². The molecule has 0 aliphatic carbocycles. The van der Waals surface area contributed by atoms with Gasteiger partial charge in [-0.3, -0.25) is 19.5 Å². The lowest BCUT2D eigenvalue weighted by Crippen LogP contribution is -2.36. The summed E-state index contributed by atoms with van der Waals surface area (Å²) in [5.41, 5.74) is 0.907. The highest BCUT2D eigenvalue weighted by Crippen LogP contribution is 2.13. The second-order valence-corrected chi connectivity index (χ2v) is 4.87. The predicted molar refractivity (Wildman–Crippen MR) is 68.3 cm³/mol. The molecule has 0 spiro atoms. The fourth-order valence-corrected chi connectivity index (χ4v) is 2.22. The normalized spacial score (nSPS) is 21.2. The van der Waals surface area contributed by atoms with Crippen molar-refractivity contribution in [2.75, 3.05) is 26.7 Å². The molecule has 1 aromatic heterocycles. The van der Waals surface area contributed by atoms with Gasteiger partial charge in [-0.05, 0) is 18.7 Å². The molecule has 0 saturated carbocycles. The Bertz CT molecular complexity index is 463. The Morgan fingerprint density at radius 3 is 2.95 bits per heavy atom. The number of likely N-dealkylation sites (N-methyl/N-ethyl adjacent to an activating group) is 1. The largest absolute Gasteiger partial charge is 0.481 e. The summed E-state index contributed by atoms with van der Waals surface area (Å²) in [6.07, 6.45) is 3.36. The van der Waals surface area contributed by atoms with Gasteiger partial charge in [0.2, 0.25) is 5.91 Å². The molecule has 1 unspecified atom stereocenters. The number of carboxylic acids is 1. The van der Waals surface area contributed by atoms with Crippen molar-refractivity contribution in [3.05, 3.63) is 30.1 Å². The standard InChI is InChI=1S/C13H17N3O3/c1-15-7-11(13(18)19)8-16(12(17)9-15)6-10-3-2-4-14-5-10/h2-5,11H,6-9H2,1H3,(H,18,19). The molecule has 0 radical (unpaired) electrons. The summed E-state index contributed by atoms with van der Waals surface area (Å²) in [6, 6.07) is 3.68. The van der Waals surface area contributed by atoms with Gasteiger partial charge in [0.1, 0.15) is 0 Å². The van der Waals surface area contributed by atoms with Crippen LogP contribution in [0.25, 0.3) is 0 Å². The number of carbonyl (C=O) groups excluding carboxylic acids is 1. The maximum absolute atomic E-state index is 12.1. The number of aromatic nitrogens is 1. The van der Waals surface area contributed by atoms with Crippen LogP contribution >= 0.6 is 0 Å². The molecule has 2 rings (SSSR count). The van der Waals surface area contributed by atoms with Crippen molar-refractivity contribution in [1.29, 1.82) is 0 Å². The predicted octanol–water partition coefficient (Wildman–Crippen LogP) is 0.0564. The number of aliphatic carboxylic acids is 1. The third-order valence-corrected chi connectivity index (χ3v) is 3.18. The minimum absolute atomic E-state index is 0.0462. The number of hydrogen-bond acceptors (Lipinski definition) is 4. The Morgan fingerprint density at radius 1 is 1.53 bits per heavy atom. The van der Waals surface area contributed by atoms with E-state index in [2.05, 4.69) is 4.98 Å². The number of amides is 1. The first-order valence-corrected chi connectivity index (χ1v) is 6.14. The summed E-state index contributed by atoms with van der Waals surface area (Å²) in [6.45, 7) is 1.30. The average Bonchev–Trinajstić information content (AvgIpc) is 2.50. The van der Waals surface area contributed by atoms with E-state index in [4.69, 9.17) is 0 Å². The van der Waals surface area contributed by atoms with Gasteiger partial charge in [0.25, 0.3) is 0 Å². The van der Waals surface area contributed by atoms with E-state index < -0.39 is 11.9 Å². The molecule has 0 bridgehead atoms. The molecule has 1 N–H and O–H groups in total. The molecular weight excluding hydrogens is 246 g/mol. The molecule has 6 heteroatoms. The first-order chi connectivity index (χ1) is 9.06. The highest BCUT2D eigenvalue weighted by molar-refractivity contribution is 5.80. The molecular formula is C13H17N3O3. The zero-order valence-corrected chi connectivity index (χ0v) is 10.8. The lowest BCUT2D eigenvalue weighted by atomic mass is 10.1.